The largest absolute Gasteiger partial charge is 0.347 e. The molecule has 1 aromatic carbocycles. The number of nitrogens with zero attached hydrogens (tertiary/aromatic N) is 4. The fourth-order valence-corrected chi connectivity index (χ4v) is 2.61. The first kappa shape index (κ1) is 15.9. The minimum Gasteiger partial charge on any atom is -0.347 e. The van der Waals surface area contributed by atoms with Gasteiger partial charge in [0.1, 0.15) is 17.2 Å². The van der Waals surface area contributed by atoms with Crippen LogP contribution >= 0.6 is 0 Å². The molecular formula is C19H14FN5O. The Kier molecular flexibility index (Phi) is 4.10. The topological polar surface area (TPSA) is 72.2 Å². The summed E-state index contributed by atoms with van der Waals surface area (Å²) in [5.74, 6) is -0.601. The molecule has 1 amide bonds. The maximum Gasteiger partial charge on any atom is 0.271 e. The molecule has 3 heterocycles. The van der Waals surface area contributed by atoms with Crippen LogP contribution in [0.15, 0.2) is 67.4 Å². The molecule has 4 rings (SSSR count). The molecule has 3 aromatic heterocycles. The zero-order valence-corrected chi connectivity index (χ0v) is 13.6. The van der Waals surface area contributed by atoms with E-state index in [1.54, 1.807) is 47.5 Å². The van der Waals surface area contributed by atoms with Gasteiger partial charge in [0.25, 0.3) is 5.91 Å². The predicted molar refractivity (Wildman–Crippen MR) is 93.8 cm³/mol. The summed E-state index contributed by atoms with van der Waals surface area (Å²) < 4.78 is 14.9. The summed E-state index contributed by atoms with van der Waals surface area (Å²) in [5.41, 5.74) is 3.08. The fourth-order valence-electron chi connectivity index (χ4n) is 2.61. The first-order valence-electron chi connectivity index (χ1n) is 7.97. The quantitative estimate of drug-likeness (QED) is 0.616. The van der Waals surface area contributed by atoms with Crippen molar-refractivity contribution in [1.82, 2.24) is 24.7 Å². The summed E-state index contributed by atoms with van der Waals surface area (Å²) in [5, 5.41) is 2.83. The number of halogens is 1. The van der Waals surface area contributed by atoms with Crippen LogP contribution in [0.25, 0.3) is 16.9 Å². The van der Waals surface area contributed by atoms with Crippen LogP contribution in [0, 0.1) is 5.82 Å². The third kappa shape index (κ3) is 3.14. The Bertz CT molecular complexity index is 1060. The lowest BCUT2D eigenvalue weighted by atomic mass is 10.1. The monoisotopic (exact) mass is 347 g/mol. The third-order valence-corrected chi connectivity index (χ3v) is 3.93. The second-order valence-corrected chi connectivity index (χ2v) is 5.68. The Morgan fingerprint density at radius 3 is 2.62 bits per heavy atom. The maximum absolute atomic E-state index is 13.2. The van der Waals surface area contributed by atoms with E-state index in [-0.39, 0.29) is 17.4 Å². The van der Waals surface area contributed by atoms with E-state index in [1.807, 2.05) is 12.1 Å². The number of fused-ring (bicyclic) bond motifs is 1. The average molecular weight is 347 g/mol. The highest BCUT2D eigenvalue weighted by Gasteiger charge is 2.14. The molecule has 0 aliphatic rings. The molecule has 0 spiro atoms. The van der Waals surface area contributed by atoms with Gasteiger partial charge in [-0.25, -0.2) is 9.37 Å². The van der Waals surface area contributed by atoms with Crippen LogP contribution in [0.5, 0.6) is 0 Å². The highest BCUT2D eigenvalue weighted by atomic mass is 19.1. The van der Waals surface area contributed by atoms with Crippen LogP contribution in [0.4, 0.5) is 4.39 Å². The van der Waals surface area contributed by atoms with Gasteiger partial charge in [-0.1, -0.05) is 0 Å². The van der Waals surface area contributed by atoms with E-state index in [0.29, 0.717) is 17.9 Å². The van der Waals surface area contributed by atoms with Gasteiger partial charge in [-0.2, -0.15) is 0 Å². The SMILES string of the molecule is O=C(NCc1ccncc1)c1cn2ccnc(-c3ccc(F)cc3)c2n1. The molecule has 7 heteroatoms. The van der Waals surface area contributed by atoms with Gasteiger partial charge in [0.15, 0.2) is 5.65 Å². The Morgan fingerprint density at radius 1 is 1.08 bits per heavy atom. The number of nitrogens with one attached hydrogen (secondary N) is 1. The normalized spacial score (nSPS) is 10.8. The summed E-state index contributed by atoms with van der Waals surface area (Å²) in [6, 6.07) is 9.67. The molecule has 1 N–H and O–H groups in total. The lowest BCUT2D eigenvalue weighted by Crippen LogP contribution is -2.23. The number of carbonyl (C=O) groups is 1. The van der Waals surface area contributed by atoms with Gasteiger partial charge >= 0.3 is 0 Å². The molecule has 26 heavy (non-hydrogen) atoms. The molecule has 0 saturated heterocycles. The van der Waals surface area contributed by atoms with Crippen LogP contribution in [0.2, 0.25) is 0 Å². The molecule has 4 aromatic rings. The molecule has 0 saturated carbocycles. The molecule has 0 radical (unpaired) electrons. The molecule has 6 nitrogen and oxygen atoms in total. The molecule has 0 unspecified atom stereocenters. The summed E-state index contributed by atoms with van der Waals surface area (Å²) in [6.45, 7) is 0.387. The minimum atomic E-state index is -0.319. The van der Waals surface area contributed by atoms with E-state index in [4.69, 9.17) is 0 Å². The van der Waals surface area contributed by atoms with Crippen molar-refractivity contribution in [3.63, 3.8) is 0 Å². The molecule has 0 aliphatic heterocycles. The van der Waals surface area contributed by atoms with Crippen LogP contribution in [-0.2, 0) is 6.54 Å². The lowest BCUT2D eigenvalue weighted by Gasteiger charge is -2.02. The molecular weight excluding hydrogens is 333 g/mol. The van der Waals surface area contributed by atoms with E-state index in [0.717, 1.165) is 11.1 Å². The highest BCUT2D eigenvalue weighted by Crippen LogP contribution is 2.22. The van der Waals surface area contributed by atoms with Crippen molar-refractivity contribution in [2.75, 3.05) is 0 Å². The van der Waals surface area contributed by atoms with E-state index in [9.17, 15) is 9.18 Å². The summed E-state index contributed by atoms with van der Waals surface area (Å²) in [7, 11) is 0. The standard InChI is InChI=1S/C19H14FN5O/c20-15-3-1-14(2-4-15)17-18-24-16(12-25(18)10-9-22-17)19(26)23-11-13-5-7-21-8-6-13/h1-10,12H,11H2,(H,23,26). The molecule has 0 atom stereocenters. The van der Waals surface area contributed by atoms with Crippen LogP contribution < -0.4 is 5.32 Å². The van der Waals surface area contributed by atoms with Gasteiger partial charge < -0.3 is 9.72 Å². The Balaban J connectivity index is 1.62. The van der Waals surface area contributed by atoms with Crippen molar-refractivity contribution in [2.24, 2.45) is 0 Å². The van der Waals surface area contributed by atoms with Crippen LogP contribution in [0.1, 0.15) is 16.1 Å². The molecule has 0 bridgehead atoms. The molecule has 0 aliphatic carbocycles. The van der Waals surface area contributed by atoms with Crippen molar-refractivity contribution in [3.8, 4) is 11.3 Å². The van der Waals surface area contributed by atoms with Crippen LogP contribution in [-0.4, -0.2) is 25.3 Å². The number of hydrogen-bond donors (Lipinski definition) is 1. The van der Waals surface area contributed by atoms with Gasteiger partial charge in [-0.05, 0) is 42.0 Å². The second-order valence-electron chi connectivity index (χ2n) is 5.68. The fraction of sp³-hybridized carbons (Fsp3) is 0.0526. The first-order valence-corrected chi connectivity index (χ1v) is 7.97. The number of rotatable bonds is 4. The smallest absolute Gasteiger partial charge is 0.271 e. The van der Waals surface area contributed by atoms with Crippen LogP contribution in [0.3, 0.4) is 0 Å². The van der Waals surface area contributed by atoms with Gasteiger partial charge in [-0.15, -0.1) is 0 Å². The Hall–Kier alpha value is -3.61. The van der Waals surface area contributed by atoms with Gasteiger partial charge in [0.2, 0.25) is 0 Å². The maximum atomic E-state index is 13.2. The van der Waals surface area contributed by atoms with Gasteiger partial charge in [-0.3, -0.25) is 14.8 Å². The number of imidazole rings is 1. The van der Waals surface area contributed by atoms with Gasteiger partial charge in [0.05, 0.1) is 0 Å². The van der Waals surface area contributed by atoms with E-state index in [2.05, 4.69) is 20.3 Å². The van der Waals surface area contributed by atoms with Crippen molar-refractivity contribution in [3.05, 3.63) is 84.5 Å². The minimum absolute atomic E-state index is 0.282. The van der Waals surface area contributed by atoms with E-state index < -0.39 is 0 Å². The number of hydrogen-bond acceptors (Lipinski definition) is 4. The first-order chi connectivity index (χ1) is 12.7. The Morgan fingerprint density at radius 2 is 1.85 bits per heavy atom. The predicted octanol–water partition coefficient (Wildman–Crippen LogP) is 2.86. The van der Waals surface area contributed by atoms with Crippen molar-refractivity contribution in [1.29, 1.82) is 0 Å². The average Bonchev–Trinajstić information content (AvgIpc) is 3.12. The molecule has 0 fully saturated rings. The number of aromatic nitrogens is 4. The zero-order valence-electron chi connectivity index (χ0n) is 13.6. The van der Waals surface area contributed by atoms with E-state index in [1.165, 1.54) is 12.1 Å². The van der Waals surface area contributed by atoms with Crippen molar-refractivity contribution < 1.29 is 9.18 Å². The van der Waals surface area contributed by atoms with E-state index >= 15 is 0 Å². The van der Waals surface area contributed by atoms with Gasteiger partial charge in [0, 0.05) is 43.1 Å². The number of carbonyl (C=O) groups excluding carboxylic acids is 1. The Labute approximate surface area is 148 Å². The second kappa shape index (κ2) is 6.72. The molecule has 128 valence electrons. The summed E-state index contributed by atoms with van der Waals surface area (Å²) >= 11 is 0. The highest BCUT2D eigenvalue weighted by molar-refractivity contribution is 5.93. The zero-order chi connectivity index (χ0) is 17.9. The van der Waals surface area contributed by atoms with Crippen molar-refractivity contribution >= 4 is 11.6 Å². The number of benzene rings is 1. The summed E-state index contributed by atoms with van der Waals surface area (Å²) in [4.78, 5) is 25.1. The third-order valence-electron chi connectivity index (χ3n) is 3.93. The number of amides is 1. The van der Waals surface area contributed by atoms with Crippen molar-refractivity contribution in [2.45, 2.75) is 6.54 Å². The summed E-state index contributed by atoms with van der Waals surface area (Å²) in [6.07, 6.45) is 8.33. The number of pyridine rings is 1. The lowest BCUT2D eigenvalue weighted by molar-refractivity contribution is 0.0946.